The van der Waals surface area contributed by atoms with Crippen molar-refractivity contribution in [2.75, 3.05) is 0 Å². The number of hydrogen-bond donors (Lipinski definition) is 2. The van der Waals surface area contributed by atoms with Gasteiger partial charge in [-0.15, -0.1) is 0 Å². The van der Waals surface area contributed by atoms with Crippen LogP contribution in [-0.4, -0.2) is 17.4 Å². The molecule has 0 bridgehead atoms. The molecular formula is C17H23F2N3O. The Labute approximate surface area is 135 Å². The molecule has 0 spiro atoms. The van der Waals surface area contributed by atoms with Crippen LogP contribution in [0.3, 0.4) is 0 Å². The molecule has 0 aliphatic rings. The summed E-state index contributed by atoms with van der Waals surface area (Å²) >= 11 is 0. The Morgan fingerprint density at radius 1 is 1.13 bits per heavy atom. The van der Waals surface area contributed by atoms with E-state index in [2.05, 4.69) is 11.9 Å². The van der Waals surface area contributed by atoms with E-state index in [1.54, 1.807) is 56.4 Å². The van der Waals surface area contributed by atoms with Gasteiger partial charge in [0.15, 0.2) is 6.17 Å². The maximum atomic E-state index is 13.0. The summed E-state index contributed by atoms with van der Waals surface area (Å²) < 4.78 is 25.9. The summed E-state index contributed by atoms with van der Waals surface area (Å²) in [4.78, 5) is 12.0. The van der Waals surface area contributed by atoms with Crippen LogP contribution in [0.25, 0.3) is 0 Å². The Balaban J connectivity index is 5.11. The van der Waals surface area contributed by atoms with Crippen molar-refractivity contribution in [1.82, 2.24) is 10.7 Å². The van der Waals surface area contributed by atoms with E-state index in [4.69, 9.17) is 5.73 Å². The zero-order chi connectivity index (χ0) is 17.8. The SMILES string of the molecule is C=C(/C=C\C=C/C)C(NC(=O)\C(N)=C(C)/C=C\C=C/C)N(F)F. The first-order chi connectivity index (χ1) is 10.8. The van der Waals surface area contributed by atoms with Crippen LogP contribution in [0.15, 0.2) is 72.0 Å². The quantitative estimate of drug-likeness (QED) is 0.311. The fourth-order valence-corrected chi connectivity index (χ4v) is 1.43. The molecule has 1 unspecified atom stereocenters. The van der Waals surface area contributed by atoms with Gasteiger partial charge in [-0.1, -0.05) is 64.1 Å². The maximum absolute atomic E-state index is 13.0. The topological polar surface area (TPSA) is 58.4 Å². The fourth-order valence-electron chi connectivity index (χ4n) is 1.43. The van der Waals surface area contributed by atoms with E-state index >= 15 is 0 Å². The van der Waals surface area contributed by atoms with Crippen LogP contribution in [0.4, 0.5) is 8.96 Å². The highest BCUT2D eigenvalue weighted by molar-refractivity contribution is 5.94. The van der Waals surface area contributed by atoms with Crippen LogP contribution in [0, 0.1) is 0 Å². The lowest BCUT2D eigenvalue weighted by atomic mass is 10.1. The number of nitrogens with one attached hydrogen (secondary N) is 1. The highest BCUT2D eigenvalue weighted by Gasteiger charge is 2.23. The molecule has 0 aliphatic carbocycles. The van der Waals surface area contributed by atoms with E-state index in [0.29, 0.717) is 5.57 Å². The van der Waals surface area contributed by atoms with Gasteiger partial charge in [0.05, 0.1) is 0 Å². The number of hydrogen-bond acceptors (Lipinski definition) is 3. The van der Waals surface area contributed by atoms with E-state index < -0.39 is 17.4 Å². The van der Waals surface area contributed by atoms with Gasteiger partial charge in [0.2, 0.25) is 0 Å². The van der Waals surface area contributed by atoms with E-state index in [-0.39, 0.29) is 11.3 Å². The van der Waals surface area contributed by atoms with Gasteiger partial charge < -0.3 is 11.1 Å². The standard InChI is InChI=1S/C17H23F2N3O/c1-5-7-9-11-13(3)15(20)17(23)21-16(22(18)19)14(4)12-10-8-6-2/h5-12,16H,4,20H2,1-3H3,(H,21,23)/b7-5-,8-6-,11-9-,12-10-,15-13+. The number of amides is 1. The van der Waals surface area contributed by atoms with E-state index in [9.17, 15) is 13.8 Å². The van der Waals surface area contributed by atoms with Crippen molar-refractivity contribution in [3.8, 4) is 0 Å². The maximum Gasteiger partial charge on any atom is 0.269 e. The average Bonchev–Trinajstić information content (AvgIpc) is 2.51. The summed E-state index contributed by atoms with van der Waals surface area (Å²) in [5.41, 5.74) is 6.04. The largest absolute Gasteiger partial charge is 0.394 e. The number of allylic oxidation sites excluding steroid dienone is 8. The summed E-state index contributed by atoms with van der Waals surface area (Å²) in [6.45, 7) is 8.78. The van der Waals surface area contributed by atoms with Crippen LogP contribution in [0.1, 0.15) is 20.8 Å². The second-order valence-electron chi connectivity index (χ2n) is 4.58. The van der Waals surface area contributed by atoms with Crippen LogP contribution in [0.2, 0.25) is 0 Å². The zero-order valence-corrected chi connectivity index (χ0v) is 13.6. The zero-order valence-electron chi connectivity index (χ0n) is 13.6. The van der Waals surface area contributed by atoms with Gasteiger partial charge in [0.25, 0.3) is 5.91 Å². The molecule has 3 N–H and O–H groups in total. The first-order valence-corrected chi connectivity index (χ1v) is 7.00. The molecule has 6 heteroatoms. The van der Waals surface area contributed by atoms with Gasteiger partial charge in [0.1, 0.15) is 5.70 Å². The second-order valence-corrected chi connectivity index (χ2v) is 4.58. The molecule has 0 aliphatic heterocycles. The third kappa shape index (κ3) is 7.92. The highest BCUT2D eigenvalue weighted by Crippen LogP contribution is 2.11. The van der Waals surface area contributed by atoms with E-state index in [1.165, 1.54) is 6.08 Å². The Kier molecular flexibility index (Phi) is 9.95. The number of nitrogens with two attached hydrogens (primary N) is 1. The number of halogens is 2. The smallest absolute Gasteiger partial charge is 0.269 e. The van der Waals surface area contributed by atoms with Crippen molar-refractivity contribution in [1.29, 1.82) is 0 Å². The third-order valence-electron chi connectivity index (χ3n) is 2.75. The summed E-state index contributed by atoms with van der Waals surface area (Å²) in [6.07, 6.45) is 11.6. The van der Waals surface area contributed by atoms with Crippen molar-refractivity contribution in [3.05, 3.63) is 72.0 Å². The lowest BCUT2D eigenvalue weighted by Crippen LogP contribution is -2.44. The summed E-state index contributed by atoms with van der Waals surface area (Å²) in [5, 5.41) is 1.02. The van der Waals surface area contributed by atoms with Crippen molar-refractivity contribution in [2.45, 2.75) is 26.9 Å². The van der Waals surface area contributed by atoms with Gasteiger partial charge >= 0.3 is 0 Å². The minimum Gasteiger partial charge on any atom is -0.394 e. The third-order valence-corrected chi connectivity index (χ3v) is 2.75. The van der Waals surface area contributed by atoms with Gasteiger partial charge in [-0.25, -0.2) is 0 Å². The molecule has 23 heavy (non-hydrogen) atoms. The Hall–Kier alpha value is -2.47. The Morgan fingerprint density at radius 3 is 2.13 bits per heavy atom. The van der Waals surface area contributed by atoms with Gasteiger partial charge in [0, 0.05) is 5.34 Å². The Bertz CT molecular complexity index is 558. The van der Waals surface area contributed by atoms with Crippen LogP contribution >= 0.6 is 0 Å². The first-order valence-electron chi connectivity index (χ1n) is 7.00. The summed E-state index contributed by atoms with van der Waals surface area (Å²) in [7, 11) is 0. The van der Waals surface area contributed by atoms with Crippen molar-refractivity contribution < 1.29 is 13.8 Å². The molecule has 4 nitrogen and oxygen atoms in total. The van der Waals surface area contributed by atoms with Gasteiger partial charge in [-0.05, 0) is 31.9 Å². The monoisotopic (exact) mass is 323 g/mol. The lowest BCUT2D eigenvalue weighted by molar-refractivity contribution is -0.185. The predicted octanol–water partition coefficient (Wildman–Crippen LogP) is 3.55. The molecule has 0 aromatic heterocycles. The van der Waals surface area contributed by atoms with Crippen LogP contribution in [-0.2, 0) is 4.79 Å². The molecule has 0 aromatic rings. The number of nitrogens with zero attached hydrogens (tertiary/aromatic N) is 1. The normalized spacial score (nSPS) is 15.0. The number of carbonyl (C=O) groups is 1. The molecule has 1 atom stereocenters. The predicted molar refractivity (Wildman–Crippen MR) is 89.9 cm³/mol. The molecule has 126 valence electrons. The first kappa shape index (κ1) is 20.5. The molecule has 0 saturated carbocycles. The van der Waals surface area contributed by atoms with Crippen LogP contribution < -0.4 is 11.1 Å². The molecule has 0 rings (SSSR count). The Morgan fingerprint density at radius 2 is 1.65 bits per heavy atom. The summed E-state index contributed by atoms with van der Waals surface area (Å²) in [6, 6.07) is 0. The van der Waals surface area contributed by atoms with E-state index in [0.717, 1.165) is 0 Å². The molecule has 1 amide bonds. The minimum atomic E-state index is -1.66. The van der Waals surface area contributed by atoms with Crippen molar-refractivity contribution in [2.24, 2.45) is 5.73 Å². The summed E-state index contributed by atoms with van der Waals surface area (Å²) in [5.74, 6) is -0.793. The number of rotatable bonds is 8. The molecule has 0 heterocycles. The lowest BCUT2D eigenvalue weighted by Gasteiger charge is -2.19. The van der Waals surface area contributed by atoms with Crippen molar-refractivity contribution >= 4 is 5.91 Å². The molecule has 0 fully saturated rings. The van der Waals surface area contributed by atoms with Gasteiger partial charge in [-0.2, -0.15) is 0 Å². The minimum absolute atomic E-state index is 0.0244. The molecule has 0 radical (unpaired) electrons. The highest BCUT2D eigenvalue weighted by atomic mass is 19.4. The molecule has 0 saturated heterocycles. The average molecular weight is 323 g/mol. The second kappa shape index (κ2) is 11.1. The van der Waals surface area contributed by atoms with Crippen LogP contribution in [0.5, 0.6) is 0 Å². The van der Waals surface area contributed by atoms with E-state index in [1.807, 2.05) is 6.92 Å². The van der Waals surface area contributed by atoms with Crippen molar-refractivity contribution in [3.63, 3.8) is 0 Å². The fraction of sp³-hybridized carbons (Fsp3) is 0.235. The van der Waals surface area contributed by atoms with Gasteiger partial charge in [-0.3, -0.25) is 4.79 Å². The molecule has 0 aromatic carbocycles. The number of carbonyl (C=O) groups excluding carboxylic acids is 1. The molecular weight excluding hydrogens is 300 g/mol.